The summed E-state index contributed by atoms with van der Waals surface area (Å²) >= 11 is 5.20. The minimum absolute atomic E-state index is 0.616. The van der Waals surface area contributed by atoms with Gasteiger partial charge in [0, 0.05) is 24.5 Å². The summed E-state index contributed by atoms with van der Waals surface area (Å²) in [5.74, 6) is 0. The molecule has 0 amide bonds. The summed E-state index contributed by atoms with van der Waals surface area (Å²) < 4.78 is 2.99. The maximum absolute atomic E-state index is 5.20. The van der Waals surface area contributed by atoms with Crippen LogP contribution in [0.5, 0.6) is 0 Å². The minimum Gasteiger partial charge on any atom is -0.337 e. The van der Waals surface area contributed by atoms with Gasteiger partial charge in [0.25, 0.3) is 0 Å². The molecule has 1 aromatic rings. The van der Waals surface area contributed by atoms with Crippen molar-refractivity contribution in [3.63, 3.8) is 0 Å². The molecule has 0 atom stereocenters. The Morgan fingerprint density at radius 3 is 2.67 bits per heavy atom. The Balaban J connectivity index is 2.42. The second kappa shape index (κ2) is 5.47. The Kier molecular flexibility index (Phi) is 4.54. The minimum atomic E-state index is 0.616. The van der Waals surface area contributed by atoms with Crippen LogP contribution in [0.15, 0.2) is 6.20 Å². The smallest absolute Gasteiger partial charge is 0.177 e. The van der Waals surface area contributed by atoms with Gasteiger partial charge in [-0.25, -0.2) is 0 Å². The van der Waals surface area contributed by atoms with Crippen molar-refractivity contribution < 1.29 is 0 Å². The van der Waals surface area contributed by atoms with Gasteiger partial charge in [-0.3, -0.25) is 0 Å². The van der Waals surface area contributed by atoms with Crippen LogP contribution >= 0.6 is 12.2 Å². The number of aryl methyl sites for hydroxylation is 1. The third-order valence-electron chi connectivity index (χ3n) is 2.85. The number of H-pyrrole nitrogens is 1. The summed E-state index contributed by atoms with van der Waals surface area (Å²) in [6.07, 6.45) is 3.11. The van der Waals surface area contributed by atoms with Gasteiger partial charge in [0.15, 0.2) is 4.77 Å². The van der Waals surface area contributed by atoms with E-state index in [2.05, 4.69) is 42.3 Å². The molecule has 4 heteroatoms. The van der Waals surface area contributed by atoms with Crippen molar-refractivity contribution in [3.8, 4) is 0 Å². The number of aromatic amines is 1. The van der Waals surface area contributed by atoms with E-state index in [1.54, 1.807) is 0 Å². The van der Waals surface area contributed by atoms with Crippen molar-refractivity contribution in [1.82, 2.24) is 14.5 Å². The lowest BCUT2D eigenvalue weighted by Crippen LogP contribution is -2.28. The number of nitrogens with zero attached hydrogens (tertiary/aromatic N) is 2. The molecule has 0 fully saturated rings. The summed E-state index contributed by atoms with van der Waals surface area (Å²) in [7, 11) is 2.16. The number of hydrogen-bond acceptors (Lipinski definition) is 2. The lowest BCUT2D eigenvalue weighted by Gasteiger charge is -2.20. The Bertz CT molecular complexity index is 351. The van der Waals surface area contributed by atoms with Crippen molar-refractivity contribution in [3.05, 3.63) is 16.7 Å². The monoisotopic (exact) mass is 227 g/mol. The lowest BCUT2D eigenvalue weighted by atomic mass is 10.3. The molecule has 0 spiro atoms. The molecule has 3 nitrogen and oxygen atoms in total. The maximum atomic E-state index is 5.20. The fraction of sp³-hybridized carbons (Fsp3) is 0.727. The van der Waals surface area contributed by atoms with Crippen molar-refractivity contribution in [2.75, 3.05) is 13.6 Å². The van der Waals surface area contributed by atoms with Crippen LogP contribution in [0.2, 0.25) is 0 Å². The van der Waals surface area contributed by atoms with Gasteiger partial charge in [-0.2, -0.15) is 0 Å². The molecule has 1 aromatic heterocycles. The van der Waals surface area contributed by atoms with E-state index in [0.29, 0.717) is 6.04 Å². The summed E-state index contributed by atoms with van der Waals surface area (Å²) in [5, 5.41) is 0. The highest BCUT2D eigenvalue weighted by atomic mass is 32.1. The Morgan fingerprint density at radius 1 is 1.53 bits per heavy atom. The standard InChI is InChI=1S/C11H21N3S/c1-9(2)13(4)6-5-7-14-10(3)8-12-11(14)15/h8-9H,5-7H2,1-4H3,(H,12,15). The van der Waals surface area contributed by atoms with Gasteiger partial charge in [0.05, 0.1) is 0 Å². The predicted molar refractivity (Wildman–Crippen MR) is 66.7 cm³/mol. The fourth-order valence-electron chi connectivity index (χ4n) is 1.50. The molecule has 0 radical (unpaired) electrons. The summed E-state index contributed by atoms with van der Waals surface area (Å²) in [6.45, 7) is 8.63. The van der Waals surface area contributed by atoms with Crippen molar-refractivity contribution in [2.24, 2.45) is 0 Å². The number of nitrogens with one attached hydrogen (secondary N) is 1. The van der Waals surface area contributed by atoms with Gasteiger partial charge < -0.3 is 14.5 Å². The third-order valence-corrected chi connectivity index (χ3v) is 3.19. The highest BCUT2D eigenvalue weighted by Gasteiger charge is 2.03. The maximum Gasteiger partial charge on any atom is 0.177 e. The summed E-state index contributed by atoms with van der Waals surface area (Å²) in [6, 6.07) is 0.616. The van der Waals surface area contributed by atoms with Crippen LogP contribution < -0.4 is 0 Å². The van der Waals surface area contributed by atoms with E-state index in [1.165, 1.54) is 5.69 Å². The second-order valence-electron chi connectivity index (χ2n) is 4.31. The van der Waals surface area contributed by atoms with Crippen LogP contribution in [0.25, 0.3) is 0 Å². The number of aromatic nitrogens is 2. The molecule has 0 aromatic carbocycles. The molecule has 1 rings (SSSR count). The molecule has 0 saturated heterocycles. The van der Waals surface area contributed by atoms with E-state index >= 15 is 0 Å². The zero-order valence-corrected chi connectivity index (χ0v) is 10.9. The van der Waals surface area contributed by atoms with E-state index < -0.39 is 0 Å². The average Bonchev–Trinajstić information content (AvgIpc) is 2.48. The molecule has 0 aliphatic heterocycles. The lowest BCUT2D eigenvalue weighted by molar-refractivity contribution is 0.265. The topological polar surface area (TPSA) is 24.0 Å². The molecule has 15 heavy (non-hydrogen) atoms. The molecule has 0 saturated carbocycles. The Hall–Kier alpha value is -0.610. The van der Waals surface area contributed by atoms with Crippen LogP contribution in [0.3, 0.4) is 0 Å². The predicted octanol–water partition coefficient (Wildman–Crippen LogP) is 2.58. The van der Waals surface area contributed by atoms with Crippen molar-refractivity contribution >= 4 is 12.2 Å². The highest BCUT2D eigenvalue weighted by molar-refractivity contribution is 7.71. The van der Waals surface area contributed by atoms with E-state index in [-0.39, 0.29) is 0 Å². The zero-order chi connectivity index (χ0) is 11.4. The van der Waals surface area contributed by atoms with E-state index in [0.717, 1.165) is 24.3 Å². The number of hydrogen-bond donors (Lipinski definition) is 1. The van der Waals surface area contributed by atoms with E-state index in [4.69, 9.17) is 12.2 Å². The second-order valence-corrected chi connectivity index (χ2v) is 4.70. The first-order chi connectivity index (χ1) is 7.02. The largest absolute Gasteiger partial charge is 0.337 e. The zero-order valence-electron chi connectivity index (χ0n) is 10.1. The number of imidazole rings is 1. The molecular formula is C11H21N3S. The molecule has 0 aliphatic rings. The molecule has 86 valence electrons. The van der Waals surface area contributed by atoms with Gasteiger partial charge in [0.2, 0.25) is 0 Å². The van der Waals surface area contributed by atoms with E-state index in [1.807, 2.05) is 6.20 Å². The SMILES string of the molecule is Cc1c[nH]c(=S)n1CCCN(C)C(C)C. The first kappa shape index (κ1) is 12.5. The quantitative estimate of drug-likeness (QED) is 0.782. The number of rotatable bonds is 5. The van der Waals surface area contributed by atoms with Crippen molar-refractivity contribution in [2.45, 2.75) is 39.8 Å². The van der Waals surface area contributed by atoms with Gasteiger partial charge in [-0.1, -0.05) is 0 Å². The summed E-state index contributed by atoms with van der Waals surface area (Å²) in [5.41, 5.74) is 1.22. The van der Waals surface area contributed by atoms with Gasteiger partial charge in [0.1, 0.15) is 0 Å². The van der Waals surface area contributed by atoms with Crippen LogP contribution in [-0.2, 0) is 6.54 Å². The molecule has 0 bridgehead atoms. The van der Waals surface area contributed by atoms with Crippen LogP contribution in [0.1, 0.15) is 26.0 Å². The summed E-state index contributed by atoms with van der Waals surface area (Å²) in [4.78, 5) is 5.41. The Morgan fingerprint density at radius 2 is 2.20 bits per heavy atom. The van der Waals surface area contributed by atoms with Crippen LogP contribution in [0.4, 0.5) is 0 Å². The first-order valence-electron chi connectivity index (χ1n) is 5.47. The average molecular weight is 227 g/mol. The Labute approximate surface area is 97.1 Å². The normalized spacial score (nSPS) is 11.6. The van der Waals surface area contributed by atoms with Crippen molar-refractivity contribution in [1.29, 1.82) is 0 Å². The van der Waals surface area contributed by atoms with Gasteiger partial charge >= 0.3 is 0 Å². The highest BCUT2D eigenvalue weighted by Crippen LogP contribution is 2.03. The van der Waals surface area contributed by atoms with Gasteiger partial charge in [-0.15, -0.1) is 0 Å². The van der Waals surface area contributed by atoms with Crippen LogP contribution in [0, 0.1) is 11.7 Å². The third kappa shape index (κ3) is 3.47. The van der Waals surface area contributed by atoms with Crippen LogP contribution in [-0.4, -0.2) is 34.1 Å². The molecule has 0 aliphatic carbocycles. The molecule has 1 N–H and O–H groups in total. The first-order valence-corrected chi connectivity index (χ1v) is 5.88. The molecule has 1 heterocycles. The fourth-order valence-corrected chi connectivity index (χ4v) is 1.79. The molecule has 0 unspecified atom stereocenters. The van der Waals surface area contributed by atoms with E-state index in [9.17, 15) is 0 Å². The van der Waals surface area contributed by atoms with Gasteiger partial charge in [-0.05, 0) is 53.0 Å². The molecular weight excluding hydrogens is 206 g/mol.